The number of nitrogens with zero attached hydrogens (tertiary/aromatic N) is 1. The summed E-state index contributed by atoms with van der Waals surface area (Å²) in [4.78, 5) is 4.19. The van der Waals surface area contributed by atoms with E-state index in [9.17, 15) is 0 Å². The van der Waals surface area contributed by atoms with Gasteiger partial charge in [0, 0.05) is 18.4 Å². The zero-order valence-electron chi connectivity index (χ0n) is 12.0. The third-order valence-electron chi connectivity index (χ3n) is 4.43. The van der Waals surface area contributed by atoms with E-state index in [0.29, 0.717) is 6.04 Å². The fourth-order valence-corrected chi connectivity index (χ4v) is 2.88. The summed E-state index contributed by atoms with van der Waals surface area (Å²) < 4.78 is 0. The molecule has 0 radical (unpaired) electrons. The molecule has 1 aromatic carbocycles. The summed E-state index contributed by atoms with van der Waals surface area (Å²) >= 11 is 0. The molecule has 1 aliphatic carbocycles. The molecule has 1 fully saturated rings. The van der Waals surface area contributed by atoms with Crippen molar-refractivity contribution in [2.75, 3.05) is 7.05 Å². The monoisotopic (exact) mass is 266 g/mol. The summed E-state index contributed by atoms with van der Waals surface area (Å²) in [6, 6.07) is 13.7. The highest BCUT2D eigenvalue weighted by atomic mass is 14.9. The summed E-state index contributed by atoms with van der Waals surface area (Å²) in [5.74, 6) is 0.815. The molecule has 104 valence electrons. The zero-order chi connectivity index (χ0) is 13.8. The minimum absolute atomic E-state index is 0.356. The van der Waals surface area contributed by atoms with Crippen LogP contribution in [0, 0.1) is 0 Å². The van der Waals surface area contributed by atoms with E-state index in [1.807, 2.05) is 25.5 Å². The molecule has 1 unspecified atom stereocenters. The molecule has 1 atom stereocenters. The second kappa shape index (κ2) is 6.19. The van der Waals surface area contributed by atoms with Crippen molar-refractivity contribution in [2.45, 2.75) is 37.6 Å². The van der Waals surface area contributed by atoms with E-state index in [-0.39, 0.29) is 0 Å². The highest BCUT2D eigenvalue weighted by molar-refractivity contribution is 5.29. The number of hydrogen-bond acceptors (Lipinski definition) is 2. The molecule has 2 aromatic rings. The first-order valence-electron chi connectivity index (χ1n) is 7.53. The predicted molar refractivity (Wildman–Crippen MR) is 82.8 cm³/mol. The van der Waals surface area contributed by atoms with Gasteiger partial charge in [-0.15, -0.1) is 0 Å². The van der Waals surface area contributed by atoms with Gasteiger partial charge < -0.3 is 5.32 Å². The predicted octanol–water partition coefficient (Wildman–Crippen LogP) is 3.85. The maximum atomic E-state index is 4.19. The lowest BCUT2D eigenvalue weighted by Crippen LogP contribution is -2.19. The van der Waals surface area contributed by atoms with Crippen LogP contribution in [0.1, 0.15) is 47.9 Å². The van der Waals surface area contributed by atoms with Crippen molar-refractivity contribution in [3.8, 4) is 0 Å². The quantitative estimate of drug-likeness (QED) is 0.889. The molecule has 0 spiro atoms. The van der Waals surface area contributed by atoms with Gasteiger partial charge in [0.15, 0.2) is 0 Å². The highest BCUT2D eigenvalue weighted by Crippen LogP contribution is 2.36. The van der Waals surface area contributed by atoms with Crippen LogP contribution in [0.3, 0.4) is 0 Å². The Morgan fingerprint density at radius 3 is 2.55 bits per heavy atom. The Kier molecular flexibility index (Phi) is 4.12. The Labute approximate surface area is 121 Å². The molecule has 0 saturated heterocycles. The van der Waals surface area contributed by atoms with Crippen molar-refractivity contribution < 1.29 is 0 Å². The topological polar surface area (TPSA) is 24.9 Å². The van der Waals surface area contributed by atoms with Gasteiger partial charge in [0.1, 0.15) is 0 Å². The van der Waals surface area contributed by atoms with E-state index in [4.69, 9.17) is 0 Å². The van der Waals surface area contributed by atoms with Crippen LogP contribution in [0.25, 0.3) is 0 Å². The Morgan fingerprint density at radius 2 is 2.00 bits per heavy atom. The molecule has 2 nitrogen and oxygen atoms in total. The number of pyridine rings is 1. The second-order valence-electron chi connectivity index (χ2n) is 5.70. The summed E-state index contributed by atoms with van der Waals surface area (Å²) in [5, 5.41) is 3.42. The van der Waals surface area contributed by atoms with E-state index in [0.717, 1.165) is 12.3 Å². The maximum Gasteiger partial charge on any atom is 0.0358 e. The summed E-state index contributed by atoms with van der Waals surface area (Å²) in [6.45, 7) is 0. The fraction of sp³-hybridized carbons (Fsp3) is 0.389. The minimum Gasteiger partial charge on any atom is -0.313 e. The molecular formula is C18H22N2. The average Bonchev–Trinajstić information content (AvgIpc) is 2.45. The average molecular weight is 266 g/mol. The Balaban J connectivity index is 1.72. The molecule has 1 aliphatic rings. The Hall–Kier alpha value is -1.67. The van der Waals surface area contributed by atoms with Crippen LogP contribution >= 0.6 is 0 Å². The molecule has 0 amide bonds. The fourth-order valence-electron chi connectivity index (χ4n) is 2.88. The first-order chi connectivity index (χ1) is 9.86. The summed E-state index contributed by atoms with van der Waals surface area (Å²) in [6.07, 6.45) is 8.88. The van der Waals surface area contributed by atoms with E-state index in [2.05, 4.69) is 40.6 Å². The number of likely N-dealkylation sites (N-methyl/N-ethyl adjacent to an activating group) is 1. The van der Waals surface area contributed by atoms with Gasteiger partial charge in [-0.25, -0.2) is 0 Å². The smallest absolute Gasteiger partial charge is 0.0358 e. The molecule has 1 N–H and O–H groups in total. The van der Waals surface area contributed by atoms with Gasteiger partial charge in [0.2, 0.25) is 0 Å². The first kappa shape index (κ1) is 13.3. The van der Waals surface area contributed by atoms with Crippen molar-refractivity contribution in [1.29, 1.82) is 0 Å². The third-order valence-corrected chi connectivity index (χ3v) is 4.43. The van der Waals surface area contributed by atoms with E-state index in [1.54, 1.807) is 0 Å². The lowest BCUT2D eigenvalue weighted by atomic mass is 9.79. The molecule has 1 aromatic heterocycles. The van der Waals surface area contributed by atoms with Crippen LogP contribution in [0.2, 0.25) is 0 Å². The Morgan fingerprint density at radius 1 is 1.20 bits per heavy atom. The molecule has 0 aliphatic heterocycles. The second-order valence-corrected chi connectivity index (χ2v) is 5.70. The van der Waals surface area contributed by atoms with Crippen molar-refractivity contribution in [2.24, 2.45) is 0 Å². The third kappa shape index (κ3) is 2.91. The lowest BCUT2D eigenvalue weighted by molar-refractivity contribution is 0.419. The van der Waals surface area contributed by atoms with E-state index >= 15 is 0 Å². The normalized spacial score (nSPS) is 16.6. The molecule has 1 saturated carbocycles. The van der Waals surface area contributed by atoms with E-state index in [1.165, 1.54) is 36.0 Å². The number of hydrogen-bond donors (Lipinski definition) is 1. The zero-order valence-corrected chi connectivity index (χ0v) is 12.0. The van der Waals surface area contributed by atoms with Gasteiger partial charge in [0.25, 0.3) is 0 Å². The van der Waals surface area contributed by atoms with Crippen molar-refractivity contribution in [1.82, 2.24) is 10.3 Å². The van der Waals surface area contributed by atoms with Gasteiger partial charge in [0.05, 0.1) is 0 Å². The number of rotatable bonds is 5. The molecule has 2 heteroatoms. The van der Waals surface area contributed by atoms with Crippen molar-refractivity contribution >= 4 is 0 Å². The van der Waals surface area contributed by atoms with Gasteiger partial charge in [-0.1, -0.05) is 36.8 Å². The standard InChI is InChI=1S/C18H22N2/c1-19-18(12-14-4-3-11-20-13-14)17-9-7-16(8-10-17)15-5-2-6-15/h3-4,7-11,13,15,18-19H,2,5-6,12H2,1H3. The van der Waals surface area contributed by atoms with Crippen molar-refractivity contribution in [3.63, 3.8) is 0 Å². The molecule has 0 bridgehead atoms. The molecular weight excluding hydrogens is 244 g/mol. The lowest BCUT2D eigenvalue weighted by Gasteiger charge is -2.26. The molecule has 20 heavy (non-hydrogen) atoms. The maximum absolute atomic E-state index is 4.19. The number of nitrogens with one attached hydrogen (secondary N) is 1. The summed E-state index contributed by atoms with van der Waals surface area (Å²) in [5.41, 5.74) is 4.14. The number of benzene rings is 1. The van der Waals surface area contributed by atoms with Crippen LogP contribution in [0.4, 0.5) is 0 Å². The van der Waals surface area contributed by atoms with Crippen LogP contribution < -0.4 is 5.32 Å². The number of aromatic nitrogens is 1. The Bertz CT molecular complexity index is 529. The highest BCUT2D eigenvalue weighted by Gasteiger charge is 2.19. The minimum atomic E-state index is 0.356. The van der Waals surface area contributed by atoms with Crippen LogP contribution in [-0.2, 0) is 6.42 Å². The molecule has 3 rings (SSSR count). The largest absolute Gasteiger partial charge is 0.313 e. The van der Waals surface area contributed by atoms with Crippen LogP contribution in [0.15, 0.2) is 48.8 Å². The molecule has 1 heterocycles. The van der Waals surface area contributed by atoms with Crippen molar-refractivity contribution in [3.05, 3.63) is 65.5 Å². The SMILES string of the molecule is CNC(Cc1cccnc1)c1ccc(C2CCC2)cc1. The first-order valence-corrected chi connectivity index (χ1v) is 7.53. The van der Waals surface area contributed by atoms with Crippen LogP contribution in [0.5, 0.6) is 0 Å². The summed E-state index contributed by atoms with van der Waals surface area (Å²) in [7, 11) is 2.03. The van der Waals surface area contributed by atoms with Gasteiger partial charge in [-0.05, 0) is 55.0 Å². The van der Waals surface area contributed by atoms with E-state index < -0.39 is 0 Å². The van der Waals surface area contributed by atoms with Crippen LogP contribution in [-0.4, -0.2) is 12.0 Å². The van der Waals surface area contributed by atoms with Gasteiger partial charge in [-0.2, -0.15) is 0 Å². The van der Waals surface area contributed by atoms with Gasteiger partial charge >= 0.3 is 0 Å². The van der Waals surface area contributed by atoms with Gasteiger partial charge in [-0.3, -0.25) is 4.98 Å².